The molecular formula is C21H19F3N2O2. The second-order valence-electron chi connectivity index (χ2n) is 6.72. The Bertz CT molecular complexity index is 916. The number of alkyl halides is 3. The molecule has 0 bridgehead atoms. The van der Waals surface area contributed by atoms with Crippen LogP contribution in [0.2, 0.25) is 0 Å². The fraction of sp³-hybridized carbons (Fsp3) is 0.333. The maximum Gasteiger partial charge on any atom is 0.417 e. The molecule has 2 aromatic rings. The van der Waals surface area contributed by atoms with Gasteiger partial charge in [-0.05, 0) is 31.0 Å². The molecule has 1 heterocycles. The molecule has 1 saturated carbocycles. The zero-order valence-corrected chi connectivity index (χ0v) is 15.1. The van der Waals surface area contributed by atoms with E-state index in [1.807, 2.05) is 6.07 Å². The Morgan fingerprint density at radius 3 is 2.54 bits per heavy atom. The van der Waals surface area contributed by atoms with Gasteiger partial charge in [0.15, 0.2) is 0 Å². The number of halogens is 3. The molecule has 3 rings (SSSR count). The van der Waals surface area contributed by atoms with Crippen molar-refractivity contribution in [1.29, 1.82) is 5.26 Å². The van der Waals surface area contributed by atoms with Crippen molar-refractivity contribution < 1.29 is 22.4 Å². The largest absolute Gasteiger partial charge is 0.457 e. The van der Waals surface area contributed by atoms with E-state index in [-0.39, 0.29) is 28.7 Å². The fourth-order valence-corrected chi connectivity index (χ4v) is 3.32. The molecule has 1 N–H and O–H groups in total. The minimum atomic E-state index is -4.52. The quantitative estimate of drug-likeness (QED) is 0.569. The Morgan fingerprint density at radius 2 is 1.86 bits per heavy atom. The van der Waals surface area contributed by atoms with Gasteiger partial charge < -0.3 is 9.73 Å². The summed E-state index contributed by atoms with van der Waals surface area (Å²) in [5.74, 6) is -0.338. The van der Waals surface area contributed by atoms with Crippen LogP contribution in [0.1, 0.15) is 43.4 Å². The third-order valence-electron chi connectivity index (χ3n) is 4.72. The molecular weight excluding hydrogens is 369 g/mol. The molecule has 1 fully saturated rings. The molecule has 146 valence electrons. The third-order valence-corrected chi connectivity index (χ3v) is 4.72. The summed E-state index contributed by atoms with van der Waals surface area (Å²) in [6.45, 7) is 0. The number of hydrogen-bond donors (Lipinski definition) is 1. The molecule has 1 aliphatic carbocycles. The zero-order chi connectivity index (χ0) is 20.1. The maximum atomic E-state index is 13.2. The zero-order valence-electron chi connectivity index (χ0n) is 15.1. The van der Waals surface area contributed by atoms with Crippen LogP contribution in [0.5, 0.6) is 0 Å². The Kier molecular flexibility index (Phi) is 5.88. The predicted octanol–water partition coefficient (Wildman–Crippen LogP) is 5.32. The number of nitrogens with zero attached hydrogens (tertiary/aromatic N) is 1. The summed E-state index contributed by atoms with van der Waals surface area (Å²) in [5.41, 5.74) is -1.05. The molecule has 0 spiro atoms. The van der Waals surface area contributed by atoms with Crippen LogP contribution in [0.3, 0.4) is 0 Å². The first-order valence-electron chi connectivity index (χ1n) is 9.07. The Hall–Kier alpha value is -3.01. The molecule has 1 amide bonds. The van der Waals surface area contributed by atoms with Gasteiger partial charge in [0.2, 0.25) is 0 Å². The average molecular weight is 388 g/mol. The van der Waals surface area contributed by atoms with Crippen LogP contribution >= 0.6 is 0 Å². The van der Waals surface area contributed by atoms with Crippen LogP contribution in [-0.2, 0) is 11.0 Å². The number of rotatable bonds is 4. The lowest BCUT2D eigenvalue weighted by atomic mass is 9.95. The minimum Gasteiger partial charge on any atom is -0.457 e. The van der Waals surface area contributed by atoms with E-state index in [0.29, 0.717) is 0 Å². The van der Waals surface area contributed by atoms with E-state index in [0.717, 1.165) is 38.2 Å². The lowest BCUT2D eigenvalue weighted by Gasteiger charge is -2.22. The van der Waals surface area contributed by atoms with Gasteiger partial charge >= 0.3 is 6.18 Å². The summed E-state index contributed by atoms with van der Waals surface area (Å²) in [6.07, 6.45) is 1.71. The van der Waals surface area contributed by atoms with E-state index < -0.39 is 17.6 Å². The molecule has 0 aliphatic heterocycles. The first-order chi connectivity index (χ1) is 13.4. The van der Waals surface area contributed by atoms with Gasteiger partial charge in [-0.2, -0.15) is 18.4 Å². The highest BCUT2D eigenvalue weighted by Crippen LogP contribution is 2.37. The molecule has 1 aromatic carbocycles. The van der Waals surface area contributed by atoms with Gasteiger partial charge in [0.25, 0.3) is 5.91 Å². The number of furan rings is 1. The van der Waals surface area contributed by atoms with Gasteiger partial charge in [-0.15, -0.1) is 0 Å². The van der Waals surface area contributed by atoms with Gasteiger partial charge in [-0.1, -0.05) is 37.5 Å². The van der Waals surface area contributed by atoms with Gasteiger partial charge in [-0.25, -0.2) is 0 Å². The smallest absolute Gasteiger partial charge is 0.417 e. The number of hydrogen-bond acceptors (Lipinski definition) is 3. The lowest BCUT2D eigenvalue weighted by molar-refractivity contribution is -0.137. The molecule has 1 aromatic heterocycles. The van der Waals surface area contributed by atoms with Crippen molar-refractivity contribution in [2.24, 2.45) is 0 Å². The third kappa shape index (κ3) is 4.63. The van der Waals surface area contributed by atoms with Crippen molar-refractivity contribution in [1.82, 2.24) is 5.32 Å². The molecule has 0 atom stereocenters. The topological polar surface area (TPSA) is 66.0 Å². The first-order valence-corrected chi connectivity index (χ1v) is 9.07. The summed E-state index contributed by atoms with van der Waals surface area (Å²) in [7, 11) is 0. The first kappa shape index (κ1) is 19.7. The summed E-state index contributed by atoms with van der Waals surface area (Å²) in [4.78, 5) is 12.3. The molecule has 0 unspecified atom stereocenters. The van der Waals surface area contributed by atoms with Gasteiger partial charge in [-0.3, -0.25) is 4.79 Å². The Morgan fingerprint density at radius 1 is 1.14 bits per heavy atom. The Labute approximate surface area is 160 Å². The van der Waals surface area contributed by atoms with E-state index in [2.05, 4.69) is 5.32 Å². The average Bonchev–Trinajstić information content (AvgIpc) is 3.14. The van der Waals surface area contributed by atoms with Gasteiger partial charge in [0.05, 0.1) is 5.56 Å². The fourth-order valence-electron chi connectivity index (χ4n) is 3.32. The second-order valence-corrected chi connectivity index (χ2v) is 6.72. The van der Waals surface area contributed by atoms with Crippen LogP contribution in [0, 0.1) is 11.3 Å². The number of benzene rings is 1. The summed E-state index contributed by atoms with van der Waals surface area (Å²) in [5, 5.41) is 12.1. The van der Waals surface area contributed by atoms with Crippen LogP contribution in [0.15, 0.2) is 46.4 Å². The van der Waals surface area contributed by atoms with Crippen molar-refractivity contribution in [3.05, 3.63) is 53.3 Å². The maximum absolute atomic E-state index is 13.2. The lowest BCUT2D eigenvalue weighted by Crippen LogP contribution is -2.36. The van der Waals surface area contributed by atoms with Crippen molar-refractivity contribution in [3.8, 4) is 17.4 Å². The normalized spacial score (nSPS) is 15.9. The van der Waals surface area contributed by atoms with Crippen LogP contribution in [-0.4, -0.2) is 11.9 Å². The van der Waals surface area contributed by atoms with Crippen LogP contribution in [0.25, 0.3) is 17.4 Å². The number of carbonyl (C=O) groups is 1. The highest BCUT2D eigenvalue weighted by molar-refractivity contribution is 6.01. The molecule has 7 heteroatoms. The highest BCUT2D eigenvalue weighted by atomic mass is 19.4. The highest BCUT2D eigenvalue weighted by Gasteiger charge is 2.34. The number of carbonyl (C=O) groups excluding carboxylic acids is 1. The SMILES string of the molecule is N#C/C(=C\c1ccc(-c2ccccc2C(F)(F)F)o1)C(=O)NC1CCCCC1. The van der Waals surface area contributed by atoms with E-state index in [1.54, 1.807) is 0 Å². The molecule has 0 radical (unpaired) electrons. The summed E-state index contributed by atoms with van der Waals surface area (Å²) in [6, 6.07) is 9.80. The monoisotopic (exact) mass is 388 g/mol. The predicted molar refractivity (Wildman–Crippen MR) is 97.8 cm³/mol. The minimum absolute atomic E-state index is 0.0177. The molecule has 1 aliphatic rings. The number of amides is 1. The van der Waals surface area contributed by atoms with Crippen molar-refractivity contribution in [2.45, 2.75) is 44.3 Å². The van der Waals surface area contributed by atoms with Crippen molar-refractivity contribution >= 4 is 12.0 Å². The van der Waals surface area contributed by atoms with Crippen molar-refractivity contribution in [2.75, 3.05) is 0 Å². The number of nitriles is 1. The van der Waals surface area contributed by atoms with Gasteiger partial charge in [0, 0.05) is 17.7 Å². The van der Waals surface area contributed by atoms with Crippen LogP contribution in [0.4, 0.5) is 13.2 Å². The standard InChI is InChI=1S/C21H19F3N2O2/c22-21(23,24)18-9-5-4-8-17(18)19-11-10-16(28-19)12-14(13-25)20(27)26-15-6-2-1-3-7-15/h4-5,8-12,15H,1-3,6-7H2,(H,26,27)/b14-12+. The molecule has 0 saturated heterocycles. The number of nitrogens with one attached hydrogen (secondary N) is 1. The van der Waals surface area contributed by atoms with Crippen molar-refractivity contribution in [3.63, 3.8) is 0 Å². The molecule has 4 nitrogen and oxygen atoms in total. The van der Waals surface area contributed by atoms with E-state index in [4.69, 9.17) is 4.42 Å². The summed E-state index contributed by atoms with van der Waals surface area (Å²) < 4.78 is 45.0. The van der Waals surface area contributed by atoms with E-state index in [9.17, 15) is 23.2 Å². The van der Waals surface area contributed by atoms with E-state index >= 15 is 0 Å². The van der Waals surface area contributed by atoms with Gasteiger partial charge in [0.1, 0.15) is 23.2 Å². The van der Waals surface area contributed by atoms with Crippen LogP contribution < -0.4 is 5.32 Å². The second kappa shape index (κ2) is 8.34. The van der Waals surface area contributed by atoms with E-state index in [1.165, 1.54) is 36.4 Å². The summed E-state index contributed by atoms with van der Waals surface area (Å²) >= 11 is 0. The molecule has 28 heavy (non-hydrogen) atoms. The Balaban J connectivity index is 1.81.